The number of hydrogen-bond donors (Lipinski definition) is 1. The number of amides is 1. The zero-order chi connectivity index (χ0) is 17.3. The minimum Gasteiger partial charge on any atom is -0.378 e. The van der Waals surface area contributed by atoms with Crippen LogP contribution in [0.25, 0.3) is 0 Å². The van der Waals surface area contributed by atoms with E-state index >= 15 is 0 Å². The van der Waals surface area contributed by atoms with E-state index in [1.165, 1.54) is 0 Å². The molecule has 1 aliphatic rings. The fourth-order valence-electron chi connectivity index (χ4n) is 3.25. The van der Waals surface area contributed by atoms with Gasteiger partial charge in [-0.15, -0.1) is 0 Å². The van der Waals surface area contributed by atoms with Crippen LogP contribution in [-0.2, 0) is 10.2 Å². The zero-order valence-corrected chi connectivity index (χ0v) is 15.2. The summed E-state index contributed by atoms with van der Waals surface area (Å²) < 4.78 is 0. The average molecular weight is 343 g/mol. The third-order valence-corrected chi connectivity index (χ3v) is 5.27. The van der Waals surface area contributed by atoms with Crippen LogP contribution in [0.15, 0.2) is 42.5 Å². The summed E-state index contributed by atoms with van der Waals surface area (Å²) in [4.78, 5) is 15.1. The first-order chi connectivity index (χ1) is 11.4. The van der Waals surface area contributed by atoms with Crippen molar-refractivity contribution >= 4 is 28.9 Å². The molecule has 0 heterocycles. The lowest BCUT2D eigenvalue weighted by Crippen LogP contribution is -2.46. The summed E-state index contributed by atoms with van der Waals surface area (Å²) in [6.45, 7) is 2.03. The van der Waals surface area contributed by atoms with E-state index in [1.54, 1.807) is 0 Å². The van der Waals surface area contributed by atoms with Crippen LogP contribution in [0.5, 0.6) is 0 Å². The first kappa shape index (κ1) is 16.8. The van der Waals surface area contributed by atoms with Crippen LogP contribution in [0.1, 0.15) is 30.4 Å². The fourth-order valence-corrected chi connectivity index (χ4v) is 3.38. The molecule has 0 aliphatic heterocycles. The maximum atomic E-state index is 13.0. The summed E-state index contributed by atoms with van der Waals surface area (Å²) in [5.74, 6) is 0.0803. The zero-order valence-electron chi connectivity index (χ0n) is 14.4. The Morgan fingerprint density at radius 1 is 1.12 bits per heavy atom. The van der Waals surface area contributed by atoms with Crippen LogP contribution in [0, 0.1) is 6.92 Å². The number of nitrogens with zero attached hydrogens (tertiary/aromatic N) is 1. The van der Waals surface area contributed by atoms with Crippen molar-refractivity contribution in [3.8, 4) is 0 Å². The minimum atomic E-state index is -0.419. The van der Waals surface area contributed by atoms with Crippen molar-refractivity contribution in [3.05, 3.63) is 58.6 Å². The van der Waals surface area contributed by atoms with Crippen molar-refractivity contribution in [1.29, 1.82) is 0 Å². The molecule has 0 spiro atoms. The topological polar surface area (TPSA) is 32.3 Å². The smallest absolute Gasteiger partial charge is 0.235 e. The van der Waals surface area contributed by atoms with Crippen molar-refractivity contribution in [2.75, 3.05) is 24.3 Å². The molecule has 4 heteroatoms. The predicted octanol–water partition coefficient (Wildman–Crippen LogP) is 4.77. The third-order valence-electron chi connectivity index (χ3n) is 5.01. The van der Waals surface area contributed by atoms with E-state index < -0.39 is 5.41 Å². The maximum Gasteiger partial charge on any atom is 0.235 e. The van der Waals surface area contributed by atoms with Gasteiger partial charge in [0.1, 0.15) is 0 Å². The van der Waals surface area contributed by atoms with Gasteiger partial charge in [-0.05, 0) is 61.2 Å². The standard InChI is InChI=1S/C20H23ClN2O/c1-14-13-17(23(2)3)9-10-18(14)22-19(24)20(11-4-12-20)15-5-7-16(21)8-6-15/h5-10,13H,4,11-12H2,1-3H3,(H,22,24). The number of carbonyl (C=O) groups excluding carboxylic acids is 1. The van der Waals surface area contributed by atoms with Crippen molar-refractivity contribution in [1.82, 2.24) is 0 Å². The minimum absolute atomic E-state index is 0.0803. The number of carbonyl (C=O) groups is 1. The molecule has 0 unspecified atom stereocenters. The van der Waals surface area contributed by atoms with Crippen molar-refractivity contribution < 1.29 is 4.79 Å². The van der Waals surface area contributed by atoms with Crippen LogP contribution in [0.4, 0.5) is 11.4 Å². The van der Waals surface area contributed by atoms with E-state index in [9.17, 15) is 4.79 Å². The second kappa shape index (κ2) is 6.48. The van der Waals surface area contributed by atoms with Gasteiger partial charge in [-0.3, -0.25) is 4.79 Å². The molecule has 0 radical (unpaired) electrons. The van der Waals surface area contributed by atoms with Crippen molar-refractivity contribution in [3.63, 3.8) is 0 Å². The Balaban J connectivity index is 1.84. The van der Waals surface area contributed by atoms with Gasteiger partial charge in [-0.1, -0.05) is 30.2 Å². The van der Waals surface area contributed by atoms with Crippen molar-refractivity contribution in [2.24, 2.45) is 0 Å². The number of halogens is 1. The van der Waals surface area contributed by atoms with E-state index in [0.717, 1.165) is 41.8 Å². The molecule has 126 valence electrons. The van der Waals surface area contributed by atoms with Gasteiger partial charge in [0.15, 0.2) is 0 Å². The first-order valence-electron chi connectivity index (χ1n) is 8.28. The Kier molecular flexibility index (Phi) is 4.55. The molecule has 1 N–H and O–H groups in total. The molecule has 0 saturated heterocycles. The van der Waals surface area contributed by atoms with Gasteiger partial charge in [0.05, 0.1) is 5.41 Å². The largest absolute Gasteiger partial charge is 0.378 e. The highest BCUT2D eigenvalue weighted by Crippen LogP contribution is 2.45. The summed E-state index contributed by atoms with van der Waals surface area (Å²) >= 11 is 5.99. The summed E-state index contributed by atoms with van der Waals surface area (Å²) in [5, 5.41) is 3.84. The lowest BCUT2D eigenvalue weighted by molar-refractivity contribution is -0.124. The van der Waals surface area contributed by atoms with Gasteiger partial charge < -0.3 is 10.2 Å². The number of nitrogens with one attached hydrogen (secondary N) is 1. The molecule has 0 bridgehead atoms. The molecule has 3 rings (SSSR count). The Morgan fingerprint density at radius 3 is 2.29 bits per heavy atom. The van der Waals surface area contributed by atoms with Crippen LogP contribution >= 0.6 is 11.6 Å². The fraction of sp³-hybridized carbons (Fsp3) is 0.350. The van der Waals surface area contributed by atoms with Crippen LogP contribution in [-0.4, -0.2) is 20.0 Å². The van der Waals surface area contributed by atoms with Crippen LogP contribution in [0.3, 0.4) is 0 Å². The van der Waals surface area contributed by atoms with Gasteiger partial charge in [0, 0.05) is 30.5 Å². The Hall–Kier alpha value is -2.00. The van der Waals surface area contributed by atoms with Gasteiger partial charge in [0.2, 0.25) is 5.91 Å². The second-order valence-corrected chi connectivity index (χ2v) is 7.23. The summed E-state index contributed by atoms with van der Waals surface area (Å²) in [7, 11) is 4.02. The van der Waals surface area contributed by atoms with Gasteiger partial charge in [-0.25, -0.2) is 0 Å². The number of hydrogen-bond acceptors (Lipinski definition) is 2. The summed E-state index contributed by atoms with van der Waals surface area (Å²) in [6, 6.07) is 13.8. The van der Waals surface area contributed by atoms with E-state index in [0.29, 0.717) is 5.02 Å². The highest BCUT2D eigenvalue weighted by atomic mass is 35.5. The van der Waals surface area contributed by atoms with E-state index in [2.05, 4.69) is 16.3 Å². The quantitative estimate of drug-likeness (QED) is 0.867. The molecule has 2 aromatic rings. The van der Waals surface area contributed by atoms with Gasteiger partial charge in [-0.2, -0.15) is 0 Å². The third kappa shape index (κ3) is 3.01. The number of aryl methyl sites for hydroxylation is 1. The van der Waals surface area contributed by atoms with Crippen molar-refractivity contribution in [2.45, 2.75) is 31.6 Å². The molecule has 0 aromatic heterocycles. The normalized spacial score (nSPS) is 15.5. The van der Waals surface area contributed by atoms with E-state index in [4.69, 9.17) is 11.6 Å². The van der Waals surface area contributed by atoms with E-state index in [-0.39, 0.29) is 5.91 Å². The number of anilines is 2. The monoisotopic (exact) mass is 342 g/mol. The van der Waals surface area contributed by atoms with Gasteiger partial charge >= 0.3 is 0 Å². The Labute approximate surface area is 148 Å². The molecule has 2 aromatic carbocycles. The Morgan fingerprint density at radius 2 is 1.79 bits per heavy atom. The molecular formula is C20H23ClN2O. The molecule has 1 aliphatic carbocycles. The molecule has 3 nitrogen and oxygen atoms in total. The SMILES string of the molecule is Cc1cc(N(C)C)ccc1NC(=O)C1(c2ccc(Cl)cc2)CCC1. The molecule has 1 saturated carbocycles. The highest BCUT2D eigenvalue weighted by Gasteiger charge is 2.45. The molecule has 1 amide bonds. The van der Waals surface area contributed by atoms with E-state index in [1.807, 2.05) is 57.4 Å². The first-order valence-corrected chi connectivity index (χ1v) is 8.66. The number of benzene rings is 2. The molecule has 24 heavy (non-hydrogen) atoms. The highest BCUT2D eigenvalue weighted by molar-refractivity contribution is 6.30. The lowest BCUT2D eigenvalue weighted by Gasteiger charge is -2.41. The molecule has 1 fully saturated rings. The lowest BCUT2D eigenvalue weighted by atomic mass is 9.64. The Bertz CT molecular complexity index is 749. The predicted molar refractivity (Wildman–Crippen MR) is 101 cm³/mol. The van der Waals surface area contributed by atoms with Gasteiger partial charge in [0.25, 0.3) is 0 Å². The second-order valence-electron chi connectivity index (χ2n) is 6.79. The number of rotatable bonds is 4. The maximum absolute atomic E-state index is 13.0. The molecular weight excluding hydrogens is 320 g/mol. The van der Waals surface area contributed by atoms with Crippen LogP contribution < -0.4 is 10.2 Å². The molecule has 0 atom stereocenters. The van der Waals surface area contributed by atoms with Crippen LogP contribution in [0.2, 0.25) is 5.02 Å². The summed E-state index contributed by atoms with van der Waals surface area (Å²) in [6.07, 6.45) is 2.85. The average Bonchev–Trinajstić information content (AvgIpc) is 2.50. The summed E-state index contributed by atoms with van der Waals surface area (Å²) in [5.41, 5.74) is 3.71.